The second-order valence-electron chi connectivity index (χ2n) is 6.11. The van der Waals surface area contributed by atoms with Crippen molar-refractivity contribution in [3.63, 3.8) is 0 Å². The van der Waals surface area contributed by atoms with Crippen LogP contribution in [-0.4, -0.2) is 37.9 Å². The molecule has 3 aliphatic rings. The van der Waals surface area contributed by atoms with Crippen molar-refractivity contribution in [3.05, 3.63) is 29.3 Å². The van der Waals surface area contributed by atoms with Crippen molar-refractivity contribution in [2.45, 2.75) is 31.7 Å². The van der Waals surface area contributed by atoms with Crippen molar-refractivity contribution in [2.24, 2.45) is 0 Å². The fraction of sp³-hybridized carbons (Fsp3) is 0.529. The molecule has 4 heteroatoms. The van der Waals surface area contributed by atoms with E-state index in [1.54, 1.807) is 5.57 Å². The van der Waals surface area contributed by atoms with Gasteiger partial charge in [-0.3, -0.25) is 4.90 Å². The normalized spacial score (nSPS) is 24.3. The van der Waals surface area contributed by atoms with Gasteiger partial charge in [0.25, 0.3) is 0 Å². The molecule has 4 rings (SSSR count). The molecule has 1 atom stereocenters. The van der Waals surface area contributed by atoms with Gasteiger partial charge in [-0.2, -0.15) is 0 Å². The van der Waals surface area contributed by atoms with Crippen LogP contribution in [0, 0.1) is 0 Å². The van der Waals surface area contributed by atoms with Gasteiger partial charge in [0.2, 0.25) is 6.79 Å². The molecule has 21 heavy (non-hydrogen) atoms. The molecule has 1 aromatic rings. The van der Waals surface area contributed by atoms with E-state index in [1.165, 1.54) is 31.3 Å². The quantitative estimate of drug-likeness (QED) is 0.800. The monoisotopic (exact) mass is 287 g/mol. The van der Waals surface area contributed by atoms with E-state index < -0.39 is 0 Å². The highest BCUT2D eigenvalue weighted by Crippen LogP contribution is 2.37. The van der Waals surface area contributed by atoms with Crippen molar-refractivity contribution >= 4 is 0 Å². The molecule has 0 amide bonds. The predicted octanol–water partition coefficient (Wildman–Crippen LogP) is 2.98. The maximum absolute atomic E-state index is 5.99. The molecule has 1 saturated carbocycles. The lowest BCUT2D eigenvalue weighted by Crippen LogP contribution is -2.29. The molecule has 0 N–H and O–H groups in total. The van der Waals surface area contributed by atoms with Gasteiger partial charge in [0, 0.05) is 18.7 Å². The zero-order valence-corrected chi connectivity index (χ0v) is 12.4. The van der Waals surface area contributed by atoms with Crippen LogP contribution in [0.4, 0.5) is 0 Å². The Hall–Kier alpha value is -1.68. The summed E-state index contributed by atoms with van der Waals surface area (Å²) in [5.41, 5.74) is 3.10. The molecule has 2 aliphatic heterocycles. The second kappa shape index (κ2) is 5.26. The Morgan fingerprint density at radius 2 is 2.14 bits per heavy atom. The zero-order valence-electron chi connectivity index (χ0n) is 12.4. The van der Waals surface area contributed by atoms with Crippen LogP contribution in [-0.2, 0) is 0 Å². The molecule has 0 spiro atoms. The van der Waals surface area contributed by atoms with E-state index in [0.717, 1.165) is 23.8 Å². The lowest BCUT2D eigenvalue weighted by Gasteiger charge is -2.26. The largest absolute Gasteiger partial charge is 0.489 e. The van der Waals surface area contributed by atoms with Crippen LogP contribution in [0.15, 0.2) is 29.3 Å². The van der Waals surface area contributed by atoms with Gasteiger partial charge in [-0.1, -0.05) is 6.42 Å². The standard InChI is InChI=1S/C17H21NO3/c1-18-9-12(14-4-2-3-5-15(14)18)10-19-13-6-7-16-17(8-13)21-11-20-16/h6-8,15H,2-5,9-11H2,1H3. The molecule has 1 fully saturated rings. The van der Waals surface area contributed by atoms with Gasteiger partial charge in [0.15, 0.2) is 11.5 Å². The topological polar surface area (TPSA) is 30.9 Å². The lowest BCUT2D eigenvalue weighted by atomic mass is 9.89. The molecular formula is C17H21NO3. The van der Waals surface area contributed by atoms with E-state index in [2.05, 4.69) is 11.9 Å². The molecule has 0 saturated heterocycles. The zero-order chi connectivity index (χ0) is 14.2. The number of nitrogens with zero attached hydrogens (tertiary/aromatic N) is 1. The van der Waals surface area contributed by atoms with Gasteiger partial charge < -0.3 is 14.2 Å². The summed E-state index contributed by atoms with van der Waals surface area (Å²) >= 11 is 0. The molecule has 1 aromatic carbocycles. The number of hydrogen-bond donors (Lipinski definition) is 0. The Kier molecular flexibility index (Phi) is 3.26. The van der Waals surface area contributed by atoms with Crippen LogP contribution >= 0.6 is 0 Å². The first kappa shape index (κ1) is 13.0. The summed E-state index contributed by atoms with van der Waals surface area (Å²) in [6, 6.07) is 6.45. The Bertz CT molecular complexity index is 581. The molecular weight excluding hydrogens is 266 g/mol. The minimum absolute atomic E-state index is 0.306. The summed E-state index contributed by atoms with van der Waals surface area (Å²) in [4.78, 5) is 2.47. The van der Waals surface area contributed by atoms with E-state index in [0.29, 0.717) is 19.4 Å². The average Bonchev–Trinajstić information content (AvgIpc) is 3.10. The molecule has 0 aromatic heterocycles. The van der Waals surface area contributed by atoms with E-state index in [4.69, 9.17) is 14.2 Å². The Labute approximate surface area is 125 Å². The highest BCUT2D eigenvalue weighted by molar-refractivity contribution is 5.47. The van der Waals surface area contributed by atoms with Gasteiger partial charge in [0.1, 0.15) is 12.4 Å². The van der Waals surface area contributed by atoms with Gasteiger partial charge in [0.05, 0.1) is 0 Å². The molecule has 4 nitrogen and oxygen atoms in total. The van der Waals surface area contributed by atoms with Crippen LogP contribution in [0.3, 0.4) is 0 Å². The second-order valence-corrected chi connectivity index (χ2v) is 6.11. The third kappa shape index (κ3) is 2.38. The molecule has 112 valence electrons. The van der Waals surface area contributed by atoms with Crippen LogP contribution < -0.4 is 14.2 Å². The number of rotatable bonds is 3. The third-order valence-electron chi connectivity index (χ3n) is 4.76. The minimum atomic E-state index is 0.306. The highest BCUT2D eigenvalue weighted by Gasteiger charge is 2.31. The van der Waals surface area contributed by atoms with Crippen LogP contribution in [0.1, 0.15) is 25.7 Å². The maximum atomic E-state index is 5.99. The summed E-state index contributed by atoms with van der Waals surface area (Å²) in [6.07, 6.45) is 5.23. The van der Waals surface area contributed by atoms with Gasteiger partial charge in [-0.05, 0) is 49.6 Å². The number of hydrogen-bond acceptors (Lipinski definition) is 4. The first-order valence-electron chi connectivity index (χ1n) is 7.75. The molecule has 1 aliphatic carbocycles. The Balaban J connectivity index is 1.47. The third-order valence-corrected chi connectivity index (χ3v) is 4.76. The van der Waals surface area contributed by atoms with Gasteiger partial charge >= 0.3 is 0 Å². The number of fused-ring (bicyclic) bond motifs is 2. The molecule has 0 radical (unpaired) electrons. The number of benzene rings is 1. The molecule has 0 bridgehead atoms. The van der Waals surface area contributed by atoms with Crippen LogP contribution in [0.2, 0.25) is 0 Å². The summed E-state index contributed by atoms with van der Waals surface area (Å²) in [5.74, 6) is 2.44. The van der Waals surface area contributed by atoms with Crippen LogP contribution in [0.5, 0.6) is 17.2 Å². The fourth-order valence-electron chi connectivity index (χ4n) is 3.68. The summed E-state index contributed by atoms with van der Waals surface area (Å²) < 4.78 is 16.7. The van der Waals surface area contributed by atoms with E-state index in [1.807, 2.05) is 18.2 Å². The summed E-state index contributed by atoms with van der Waals surface area (Å²) in [5, 5.41) is 0. The summed E-state index contributed by atoms with van der Waals surface area (Å²) in [6.45, 7) is 2.04. The first-order chi connectivity index (χ1) is 10.3. The van der Waals surface area contributed by atoms with E-state index in [-0.39, 0.29) is 0 Å². The Morgan fingerprint density at radius 1 is 1.24 bits per heavy atom. The number of likely N-dealkylation sites (N-methyl/N-ethyl adjacent to an activating group) is 1. The maximum Gasteiger partial charge on any atom is 0.231 e. The van der Waals surface area contributed by atoms with Crippen molar-refractivity contribution in [2.75, 3.05) is 27.0 Å². The average molecular weight is 287 g/mol. The van der Waals surface area contributed by atoms with Gasteiger partial charge in [-0.25, -0.2) is 0 Å². The van der Waals surface area contributed by atoms with Crippen molar-refractivity contribution in [3.8, 4) is 17.2 Å². The van der Waals surface area contributed by atoms with Gasteiger partial charge in [-0.15, -0.1) is 0 Å². The Morgan fingerprint density at radius 3 is 3.10 bits per heavy atom. The minimum Gasteiger partial charge on any atom is -0.489 e. The van der Waals surface area contributed by atoms with E-state index >= 15 is 0 Å². The van der Waals surface area contributed by atoms with Crippen molar-refractivity contribution in [1.82, 2.24) is 4.90 Å². The first-order valence-corrected chi connectivity index (χ1v) is 7.75. The smallest absolute Gasteiger partial charge is 0.231 e. The van der Waals surface area contributed by atoms with Crippen LogP contribution in [0.25, 0.3) is 0 Å². The number of ether oxygens (including phenoxy) is 3. The molecule has 1 unspecified atom stereocenters. The molecule has 2 heterocycles. The fourth-order valence-corrected chi connectivity index (χ4v) is 3.68. The van der Waals surface area contributed by atoms with Crippen molar-refractivity contribution < 1.29 is 14.2 Å². The van der Waals surface area contributed by atoms with Crippen molar-refractivity contribution in [1.29, 1.82) is 0 Å². The lowest BCUT2D eigenvalue weighted by molar-refractivity contribution is 0.174. The van der Waals surface area contributed by atoms with E-state index in [9.17, 15) is 0 Å². The highest BCUT2D eigenvalue weighted by atomic mass is 16.7. The summed E-state index contributed by atoms with van der Waals surface area (Å²) in [7, 11) is 2.23. The SMILES string of the molecule is CN1CC(COc2ccc3c(c2)OCO3)=C2CCCCC21. The predicted molar refractivity (Wildman–Crippen MR) is 80.0 cm³/mol.